The molecule has 0 bridgehead atoms. The Labute approximate surface area is 194 Å². The van der Waals surface area contributed by atoms with Crippen molar-refractivity contribution in [2.24, 2.45) is 0 Å². The van der Waals surface area contributed by atoms with Gasteiger partial charge < -0.3 is 9.26 Å². The Morgan fingerprint density at radius 3 is 2.75 bits per heavy atom. The van der Waals surface area contributed by atoms with Crippen LogP contribution < -0.4 is 5.56 Å². The highest BCUT2D eigenvalue weighted by Crippen LogP contribution is 2.24. The third-order valence-corrected chi connectivity index (χ3v) is 6.06. The molecule has 2 heterocycles. The minimum atomic E-state index is -0.100. The van der Waals surface area contributed by atoms with E-state index in [9.17, 15) is 4.79 Å². The summed E-state index contributed by atoms with van der Waals surface area (Å²) < 4.78 is 12.5. The van der Waals surface area contributed by atoms with Crippen molar-refractivity contribution in [2.45, 2.75) is 37.7 Å². The van der Waals surface area contributed by atoms with Gasteiger partial charge in [0.2, 0.25) is 11.7 Å². The molecule has 0 N–H and O–H groups in total. The summed E-state index contributed by atoms with van der Waals surface area (Å²) in [5.74, 6) is 1.39. The van der Waals surface area contributed by atoms with Crippen molar-refractivity contribution >= 4 is 34.3 Å². The lowest BCUT2D eigenvalue weighted by Crippen LogP contribution is -2.24. The lowest BCUT2D eigenvalue weighted by Gasteiger charge is -2.12. The number of thioether (sulfide) groups is 1. The summed E-state index contributed by atoms with van der Waals surface area (Å²) in [5.41, 5.74) is 2.52. The summed E-state index contributed by atoms with van der Waals surface area (Å²) in [4.78, 5) is 22.3. The van der Waals surface area contributed by atoms with E-state index >= 15 is 0 Å². The predicted octanol–water partition coefficient (Wildman–Crippen LogP) is 5.13. The Hall–Kier alpha value is -2.68. The van der Waals surface area contributed by atoms with Gasteiger partial charge in [-0.05, 0) is 38.5 Å². The Bertz CT molecular complexity index is 1270. The molecule has 7 nitrogen and oxygen atoms in total. The standard InChI is InChI=1S/C23H23ClN4O3S/c1-3-30-12-4-11-28-22(29)18-10-9-17(24)13-19(18)25-23(28)32-14-20-26-21(27-31-20)16-7-5-15(2)6-8-16/h5-10,13H,3-4,11-12,14H2,1-2H3. The molecule has 0 unspecified atom stereocenters. The predicted molar refractivity (Wildman–Crippen MR) is 126 cm³/mol. The number of ether oxygens (including phenoxy) is 1. The molecule has 0 aliphatic heterocycles. The highest BCUT2D eigenvalue weighted by atomic mass is 35.5. The molecule has 2 aromatic heterocycles. The fourth-order valence-corrected chi connectivity index (χ4v) is 4.24. The first kappa shape index (κ1) is 22.5. The van der Waals surface area contributed by atoms with Crippen LogP contribution in [0.15, 0.2) is 56.9 Å². The maximum atomic E-state index is 13.1. The number of fused-ring (bicyclic) bond motifs is 1. The molecular formula is C23H23ClN4O3S. The third-order valence-electron chi connectivity index (χ3n) is 4.86. The third kappa shape index (κ3) is 5.20. The smallest absolute Gasteiger partial charge is 0.262 e. The van der Waals surface area contributed by atoms with Crippen molar-refractivity contribution in [2.75, 3.05) is 13.2 Å². The average Bonchev–Trinajstić information content (AvgIpc) is 3.26. The lowest BCUT2D eigenvalue weighted by atomic mass is 10.1. The van der Waals surface area contributed by atoms with Gasteiger partial charge in [0.05, 0.1) is 16.7 Å². The van der Waals surface area contributed by atoms with Crippen LogP contribution in [0.25, 0.3) is 22.3 Å². The van der Waals surface area contributed by atoms with Gasteiger partial charge in [0.1, 0.15) is 0 Å². The number of hydrogen-bond donors (Lipinski definition) is 0. The molecule has 0 aliphatic rings. The molecule has 9 heteroatoms. The molecule has 0 fully saturated rings. The first-order valence-electron chi connectivity index (χ1n) is 10.4. The zero-order chi connectivity index (χ0) is 22.5. The minimum absolute atomic E-state index is 0.100. The van der Waals surface area contributed by atoms with E-state index in [-0.39, 0.29) is 5.56 Å². The highest BCUT2D eigenvalue weighted by molar-refractivity contribution is 7.98. The second kappa shape index (κ2) is 10.3. The second-order valence-electron chi connectivity index (χ2n) is 7.23. The zero-order valence-corrected chi connectivity index (χ0v) is 19.4. The van der Waals surface area contributed by atoms with Crippen LogP contribution >= 0.6 is 23.4 Å². The molecule has 0 radical (unpaired) electrons. The molecule has 0 saturated heterocycles. The van der Waals surface area contributed by atoms with Crippen molar-refractivity contribution in [3.05, 3.63) is 69.3 Å². The van der Waals surface area contributed by atoms with Gasteiger partial charge in [-0.3, -0.25) is 9.36 Å². The molecule has 0 spiro atoms. The van der Waals surface area contributed by atoms with Crippen molar-refractivity contribution < 1.29 is 9.26 Å². The van der Waals surface area contributed by atoms with Gasteiger partial charge >= 0.3 is 0 Å². The van der Waals surface area contributed by atoms with Crippen LogP contribution in [0.2, 0.25) is 5.02 Å². The largest absolute Gasteiger partial charge is 0.382 e. The van der Waals surface area contributed by atoms with Crippen LogP contribution in [-0.2, 0) is 17.0 Å². The Kier molecular flexibility index (Phi) is 7.24. The van der Waals surface area contributed by atoms with E-state index < -0.39 is 0 Å². The quantitative estimate of drug-likeness (QED) is 0.190. The normalized spacial score (nSPS) is 11.3. The van der Waals surface area contributed by atoms with E-state index in [0.717, 1.165) is 11.1 Å². The summed E-state index contributed by atoms with van der Waals surface area (Å²) in [6.07, 6.45) is 0.709. The van der Waals surface area contributed by atoms with E-state index in [4.69, 9.17) is 25.8 Å². The lowest BCUT2D eigenvalue weighted by molar-refractivity contribution is 0.140. The minimum Gasteiger partial charge on any atom is -0.382 e. The van der Waals surface area contributed by atoms with Crippen LogP contribution in [0.5, 0.6) is 0 Å². The molecular weight excluding hydrogens is 448 g/mol. The summed E-state index contributed by atoms with van der Waals surface area (Å²) >= 11 is 7.50. The van der Waals surface area contributed by atoms with Crippen LogP contribution in [0.4, 0.5) is 0 Å². The van der Waals surface area contributed by atoms with Gasteiger partial charge in [-0.2, -0.15) is 4.98 Å². The second-order valence-corrected chi connectivity index (χ2v) is 8.61. The van der Waals surface area contributed by atoms with E-state index in [1.165, 1.54) is 11.8 Å². The van der Waals surface area contributed by atoms with Gasteiger partial charge in [-0.25, -0.2) is 4.98 Å². The fourth-order valence-electron chi connectivity index (χ4n) is 3.21. The van der Waals surface area contributed by atoms with Gasteiger partial charge in [0.25, 0.3) is 5.56 Å². The van der Waals surface area contributed by atoms with Gasteiger partial charge in [0.15, 0.2) is 5.16 Å². The number of aromatic nitrogens is 4. The van der Waals surface area contributed by atoms with Gasteiger partial charge in [-0.15, -0.1) is 0 Å². The number of aryl methyl sites for hydroxylation is 1. The van der Waals surface area contributed by atoms with E-state index in [1.807, 2.05) is 38.1 Å². The van der Waals surface area contributed by atoms with Crippen molar-refractivity contribution in [3.8, 4) is 11.4 Å². The number of benzene rings is 2. The summed E-state index contributed by atoms with van der Waals surface area (Å²) in [6.45, 7) is 5.70. The number of nitrogens with zero attached hydrogens (tertiary/aromatic N) is 4. The number of halogens is 1. The fraction of sp³-hybridized carbons (Fsp3) is 0.304. The number of rotatable bonds is 9. The maximum Gasteiger partial charge on any atom is 0.262 e. The molecule has 166 valence electrons. The van der Waals surface area contributed by atoms with Crippen molar-refractivity contribution in [3.63, 3.8) is 0 Å². The van der Waals surface area contributed by atoms with Gasteiger partial charge in [-0.1, -0.05) is 58.3 Å². The van der Waals surface area contributed by atoms with Crippen LogP contribution in [-0.4, -0.2) is 32.9 Å². The zero-order valence-electron chi connectivity index (χ0n) is 17.9. The van der Waals surface area contributed by atoms with Crippen LogP contribution in [0.1, 0.15) is 24.8 Å². The molecule has 2 aromatic carbocycles. The number of hydrogen-bond acceptors (Lipinski definition) is 7. The summed E-state index contributed by atoms with van der Waals surface area (Å²) in [5, 5.41) is 5.73. The Morgan fingerprint density at radius 2 is 1.97 bits per heavy atom. The van der Waals surface area contributed by atoms with E-state index in [2.05, 4.69) is 10.1 Å². The highest BCUT2D eigenvalue weighted by Gasteiger charge is 2.15. The summed E-state index contributed by atoms with van der Waals surface area (Å²) in [7, 11) is 0. The van der Waals surface area contributed by atoms with Crippen LogP contribution in [0.3, 0.4) is 0 Å². The SMILES string of the molecule is CCOCCCn1c(SCc2nc(-c3ccc(C)cc3)no2)nc2cc(Cl)ccc2c1=O. The molecule has 0 aliphatic carbocycles. The van der Waals surface area contributed by atoms with Crippen LogP contribution in [0, 0.1) is 6.92 Å². The van der Waals surface area contributed by atoms with Gasteiger partial charge in [0, 0.05) is 30.3 Å². The Morgan fingerprint density at radius 1 is 1.16 bits per heavy atom. The average molecular weight is 471 g/mol. The first-order valence-corrected chi connectivity index (χ1v) is 11.7. The first-order chi connectivity index (χ1) is 15.5. The topological polar surface area (TPSA) is 83.0 Å². The van der Waals surface area contributed by atoms with Crippen molar-refractivity contribution in [1.82, 2.24) is 19.7 Å². The molecule has 4 aromatic rings. The summed E-state index contributed by atoms with van der Waals surface area (Å²) in [6, 6.07) is 13.1. The van der Waals surface area contributed by atoms with E-state index in [0.29, 0.717) is 64.7 Å². The molecule has 0 amide bonds. The monoisotopic (exact) mass is 470 g/mol. The Balaban J connectivity index is 1.58. The molecule has 32 heavy (non-hydrogen) atoms. The molecule has 0 saturated carbocycles. The van der Waals surface area contributed by atoms with E-state index in [1.54, 1.807) is 22.8 Å². The molecule has 0 atom stereocenters. The molecule has 4 rings (SSSR count). The van der Waals surface area contributed by atoms with Crippen molar-refractivity contribution in [1.29, 1.82) is 0 Å². The maximum absolute atomic E-state index is 13.1.